The summed E-state index contributed by atoms with van der Waals surface area (Å²) in [6, 6.07) is 4.07. The van der Waals surface area contributed by atoms with Crippen LogP contribution in [0.3, 0.4) is 0 Å². The lowest BCUT2D eigenvalue weighted by Gasteiger charge is -2.27. The fraction of sp³-hybridized carbons (Fsp3) is 0.600. The molecule has 1 saturated heterocycles. The van der Waals surface area contributed by atoms with Crippen molar-refractivity contribution in [2.75, 3.05) is 20.1 Å². The lowest BCUT2D eigenvalue weighted by Crippen LogP contribution is -2.29. The van der Waals surface area contributed by atoms with E-state index in [0.717, 1.165) is 0 Å². The largest absolute Gasteiger partial charge is 0.469 e. The van der Waals surface area contributed by atoms with Crippen molar-refractivity contribution in [1.82, 2.24) is 4.90 Å². The highest BCUT2D eigenvalue weighted by atomic mass is 16.3. The van der Waals surface area contributed by atoms with E-state index >= 15 is 0 Å². The fourth-order valence-corrected chi connectivity index (χ4v) is 1.82. The number of furan rings is 1. The van der Waals surface area contributed by atoms with E-state index in [2.05, 4.69) is 18.0 Å². The molecule has 1 aromatic rings. The smallest absolute Gasteiger partial charge is 0.106 e. The van der Waals surface area contributed by atoms with E-state index in [1.165, 1.54) is 31.7 Å². The minimum absolute atomic E-state index is 0.663. The zero-order valence-electron chi connectivity index (χ0n) is 7.49. The van der Waals surface area contributed by atoms with Crippen molar-refractivity contribution in [2.45, 2.75) is 18.8 Å². The molecule has 2 heteroatoms. The summed E-state index contributed by atoms with van der Waals surface area (Å²) in [4.78, 5) is 2.37. The van der Waals surface area contributed by atoms with Crippen molar-refractivity contribution in [2.24, 2.45) is 0 Å². The van der Waals surface area contributed by atoms with Crippen molar-refractivity contribution >= 4 is 0 Å². The van der Waals surface area contributed by atoms with Crippen molar-refractivity contribution in [3.05, 3.63) is 24.2 Å². The van der Waals surface area contributed by atoms with Gasteiger partial charge in [-0.15, -0.1) is 0 Å². The maximum absolute atomic E-state index is 5.39. The monoisotopic (exact) mass is 165 g/mol. The molecule has 0 spiro atoms. The lowest BCUT2D eigenvalue weighted by molar-refractivity contribution is 0.240. The molecule has 0 unspecified atom stereocenters. The van der Waals surface area contributed by atoms with E-state index in [1.807, 2.05) is 6.07 Å². The van der Waals surface area contributed by atoms with Crippen LogP contribution >= 0.6 is 0 Å². The first-order chi connectivity index (χ1) is 5.86. The SMILES string of the molecule is CN1CCC(c2ccco2)CC1. The molecule has 0 radical (unpaired) electrons. The molecule has 0 N–H and O–H groups in total. The van der Waals surface area contributed by atoms with Gasteiger partial charge in [0, 0.05) is 5.92 Å². The van der Waals surface area contributed by atoms with Crippen LogP contribution < -0.4 is 0 Å². The number of nitrogens with zero attached hydrogens (tertiary/aromatic N) is 1. The van der Waals surface area contributed by atoms with Gasteiger partial charge in [0.05, 0.1) is 6.26 Å². The predicted octanol–water partition coefficient (Wildman–Crippen LogP) is 2.09. The van der Waals surface area contributed by atoms with E-state index in [1.54, 1.807) is 6.26 Å². The average molecular weight is 165 g/mol. The van der Waals surface area contributed by atoms with E-state index in [0.29, 0.717) is 5.92 Å². The van der Waals surface area contributed by atoms with E-state index in [-0.39, 0.29) is 0 Å². The summed E-state index contributed by atoms with van der Waals surface area (Å²) >= 11 is 0. The van der Waals surface area contributed by atoms with Crippen LogP contribution in [0.1, 0.15) is 24.5 Å². The summed E-state index contributed by atoms with van der Waals surface area (Å²) in [5, 5.41) is 0. The Morgan fingerprint density at radius 2 is 2.17 bits per heavy atom. The van der Waals surface area contributed by atoms with E-state index in [4.69, 9.17) is 4.42 Å². The standard InChI is InChI=1S/C10H15NO/c1-11-6-4-9(5-7-11)10-3-2-8-12-10/h2-3,8-9H,4-7H2,1H3. The molecule has 2 nitrogen and oxygen atoms in total. The Bertz CT molecular complexity index is 222. The minimum atomic E-state index is 0.663. The van der Waals surface area contributed by atoms with Crippen molar-refractivity contribution < 1.29 is 4.42 Å². The molecule has 0 saturated carbocycles. The highest BCUT2D eigenvalue weighted by Gasteiger charge is 2.19. The maximum atomic E-state index is 5.39. The zero-order chi connectivity index (χ0) is 8.39. The lowest BCUT2D eigenvalue weighted by atomic mass is 9.95. The Balaban J connectivity index is 1.99. The summed E-state index contributed by atoms with van der Waals surface area (Å²) in [5.74, 6) is 1.83. The maximum Gasteiger partial charge on any atom is 0.106 e. The summed E-state index contributed by atoms with van der Waals surface area (Å²) in [5.41, 5.74) is 0. The molecule has 2 heterocycles. The van der Waals surface area contributed by atoms with Crippen LogP contribution in [0.15, 0.2) is 22.8 Å². The first kappa shape index (κ1) is 7.87. The first-order valence-corrected chi connectivity index (χ1v) is 4.58. The molecule has 1 aliphatic rings. The summed E-state index contributed by atoms with van der Waals surface area (Å²) in [6.45, 7) is 2.40. The molecule has 0 aromatic carbocycles. The highest BCUT2D eigenvalue weighted by molar-refractivity contribution is 5.06. The topological polar surface area (TPSA) is 16.4 Å². The molecule has 0 atom stereocenters. The molecular weight excluding hydrogens is 150 g/mol. The van der Waals surface area contributed by atoms with Crippen LogP contribution in [0.2, 0.25) is 0 Å². The van der Waals surface area contributed by atoms with Gasteiger partial charge in [0.2, 0.25) is 0 Å². The summed E-state index contributed by atoms with van der Waals surface area (Å²) in [7, 11) is 2.18. The van der Waals surface area contributed by atoms with Crippen molar-refractivity contribution in [1.29, 1.82) is 0 Å². The average Bonchev–Trinajstić information content (AvgIpc) is 2.58. The van der Waals surface area contributed by atoms with E-state index in [9.17, 15) is 0 Å². The van der Waals surface area contributed by atoms with Crippen molar-refractivity contribution in [3.8, 4) is 0 Å². The highest BCUT2D eigenvalue weighted by Crippen LogP contribution is 2.27. The first-order valence-electron chi connectivity index (χ1n) is 4.58. The molecule has 1 fully saturated rings. The second kappa shape index (κ2) is 3.31. The van der Waals surface area contributed by atoms with Crippen LogP contribution in [0.5, 0.6) is 0 Å². The fourth-order valence-electron chi connectivity index (χ4n) is 1.82. The minimum Gasteiger partial charge on any atom is -0.469 e. The van der Waals surface area contributed by atoms with Gasteiger partial charge in [-0.25, -0.2) is 0 Å². The third-order valence-electron chi connectivity index (χ3n) is 2.66. The van der Waals surface area contributed by atoms with Gasteiger partial charge in [0.15, 0.2) is 0 Å². The summed E-state index contributed by atoms with van der Waals surface area (Å²) < 4.78 is 5.39. The molecule has 0 amide bonds. The molecular formula is C10H15NO. The number of hydrogen-bond acceptors (Lipinski definition) is 2. The van der Waals surface area contributed by atoms with Crippen LogP contribution in [0.4, 0.5) is 0 Å². The molecule has 0 bridgehead atoms. The predicted molar refractivity (Wildman–Crippen MR) is 48.2 cm³/mol. The Hall–Kier alpha value is -0.760. The number of likely N-dealkylation sites (tertiary alicyclic amines) is 1. The van der Waals surface area contributed by atoms with Gasteiger partial charge >= 0.3 is 0 Å². The van der Waals surface area contributed by atoms with Gasteiger partial charge in [0.1, 0.15) is 5.76 Å². The molecule has 1 aliphatic heterocycles. The van der Waals surface area contributed by atoms with Gasteiger partial charge < -0.3 is 9.32 Å². The number of rotatable bonds is 1. The Kier molecular flexibility index (Phi) is 2.17. The van der Waals surface area contributed by atoms with Gasteiger partial charge in [-0.3, -0.25) is 0 Å². The van der Waals surface area contributed by atoms with Gasteiger partial charge in [-0.2, -0.15) is 0 Å². The van der Waals surface area contributed by atoms with E-state index < -0.39 is 0 Å². The van der Waals surface area contributed by atoms with Crippen molar-refractivity contribution in [3.63, 3.8) is 0 Å². The Morgan fingerprint density at radius 3 is 2.75 bits per heavy atom. The number of hydrogen-bond donors (Lipinski definition) is 0. The molecule has 66 valence electrons. The molecule has 0 aliphatic carbocycles. The molecule has 1 aromatic heterocycles. The Labute approximate surface area is 73.2 Å². The Morgan fingerprint density at radius 1 is 1.42 bits per heavy atom. The molecule has 12 heavy (non-hydrogen) atoms. The number of piperidine rings is 1. The van der Waals surface area contributed by atoms with Crippen LogP contribution in [-0.4, -0.2) is 25.0 Å². The second-order valence-electron chi connectivity index (χ2n) is 3.59. The second-order valence-corrected chi connectivity index (χ2v) is 3.59. The van der Waals surface area contributed by atoms with Gasteiger partial charge in [-0.1, -0.05) is 0 Å². The zero-order valence-corrected chi connectivity index (χ0v) is 7.49. The third kappa shape index (κ3) is 1.53. The molecule has 2 rings (SSSR count). The quantitative estimate of drug-likeness (QED) is 0.633. The van der Waals surface area contributed by atoms with Gasteiger partial charge in [0.25, 0.3) is 0 Å². The van der Waals surface area contributed by atoms with Gasteiger partial charge in [-0.05, 0) is 45.1 Å². The normalized spacial score (nSPS) is 21.4. The summed E-state index contributed by atoms with van der Waals surface area (Å²) in [6.07, 6.45) is 4.25. The third-order valence-corrected chi connectivity index (χ3v) is 2.66. The van der Waals surface area contributed by atoms with Crippen LogP contribution in [0, 0.1) is 0 Å². The van der Waals surface area contributed by atoms with Crippen LogP contribution in [-0.2, 0) is 0 Å². The van der Waals surface area contributed by atoms with Crippen LogP contribution in [0.25, 0.3) is 0 Å².